The molecule has 0 N–H and O–H groups in total. The first-order chi connectivity index (χ1) is 38.1. The third-order valence-corrected chi connectivity index (χ3v) is 8.81. The van der Waals surface area contributed by atoms with E-state index in [0.29, 0.717) is 0 Å². The number of hydrogen-bond donors (Lipinski definition) is 0. The quantitative estimate of drug-likeness (QED) is 0.142. The standard InChI is InChI=1S/2C10H8.3C7H8.4C6H6.6C2H6/c2*1-2-6-10-8-4-3-7-9(10)5-1;3*1-7-5-3-2-4-6-7;4*1-2-4-6-5-3-1;6*1-2/h2*1-8H;3*2-6H,1H3;4*1-6H;6*1-2H3. The largest absolute Gasteiger partial charge is 0.0683 e. The highest BCUT2D eigenvalue weighted by Crippen LogP contribution is 2.12. The van der Waals surface area contributed by atoms with Crippen LogP contribution in [0.25, 0.3) is 21.5 Å². The maximum atomic E-state index is 2.12. The van der Waals surface area contributed by atoms with Gasteiger partial charge in [0, 0.05) is 0 Å². The lowest BCUT2D eigenvalue weighted by atomic mass is 10.1. The number of aryl methyl sites for hydroxylation is 3. The van der Waals surface area contributed by atoms with Gasteiger partial charge in [-0.05, 0) is 42.3 Å². The molecule has 0 unspecified atom stereocenters. The van der Waals surface area contributed by atoms with Gasteiger partial charge in [-0.1, -0.05) is 433 Å². The van der Waals surface area contributed by atoms with E-state index in [1.54, 1.807) is 0 Å². The summed E-state index contributed by atoms with van der Waals surface area (Å²) in [7, 11) is 0. The smallest absolute Gasteiger partial charge is 0.0184 e. The summed E-state index contributed by atoms with van der Waals surface area (Å²) in [5.74, 6) is 0. The fourth-order valence-corrected chi connectivity index (χ4v) is 5.41. The van der Waals surface area contributed by atoms with Gasteiger partial charge in [0.05, 0.1) is 0 Å². The van der Waals surface area contributed by atoms with Crippen molar-refractivity contribution in [2.45, 2.75) is 104 Å². The van der Waals surface area contributed by atoms with E-state index in [9.17, 15) is 0 Å². The van der Waals surface area contributed by atoms with Crippen LogP contribution in [0.2, 0.25) is 0 Å². The molecule has 0 atom stereocenters. The van der Waals surface area contributed by atoms with Crippen molar-refractivity contribution in [1.82, 2.24) is 0 Å². The molecule has 0 saturated carbocycles. The van der Waals surface area contributed by atoms with Crippen LogP contribution in [0, 0.1) is 20.8 Å². The fraction of sp³-hybridized carbons (Fsp3) is 0.195. The summed E-state index contributed by atoms with van der Waals surface area (Å²) in [6.07, 6.45) is 0. The Bertz CT molecular complexity index is 2110. The number of fused-ring (bicyclic) bond motifs is 2. The molecular weight excluding hydrogens is 925 g/mol. The summed E-state index contributed by atoms with van der Waals surface area (Å²) in [6.45, 7) is 30.2. The molecule has 0 radical (unpaired) electrons. The maximum absolute atomic E-state index is 2.12. The van der Waals surface area contributed by atoms with Crippen molar-refractivity contribution in [3.8, 4) is 0 Å². The van der Waals surface area contributed by atoms with Crippen LogP contribution in [-0.2, 0) is 0 Å². The minimum absolute atomic E-state index is 1.31. The summed E-state index contributed by atoms with van der Waals surface area (Å²) in [5.41, 5.74) is 3.97. The van der Waals surface area contributed by atoms with Crippen molar-refractivity contribution in [2.75, 3.05) is 0 Å². The molecule has 11 aromatic carbocycles. The molecule has 0 fully saturated rings. The van der Waals surface area contributed by atoms with E-state index >= 15 is 0 Å². The van der Waals surface area contributed by atoms with E-state index in [-0.39, 0.29) is 0 Å². The average molecular weight is 1030 g/mol. The monoisotopic (exact) mass is 1020 g/mol. The van der Waals surface area contributed by atoms with Crippen LogP contribution in [-0.4, -0.2) is 0 Å². The van der Waals surface area contributed by atoms with Gasteiger partial charge >= 0.3 is 0 Å². The fourth-order valence-electron chi connectivity index (χ4n) is 5.41. The van der Waals surface area contributed by atoms with Gasteiger partial charge in [-0.25, -0.2) is 0 Å². The van der Waals surface area contributed by atoms with Crippen LogP contribution in [0.4, 0.5) is 0 Å². The van der Waals surface area contributed by atoms with Crippen LogP contribution >= 0.6 is 0 Å². The topological polar surface area (TPSA) is 0 Å². The Kier molecular flexibility index (Phi) is 64.6. The van der Waals surface area contributed by atoms with Gasteiger partial charge in [0.1, 0.15) is 0 Å². The van der Waals surface area contributed by atoms with Gasteiger partial charge in [0.25, 0.3) is 0 Å². The molecule has 0 aromatic heterocycles. The van der Waals surface area contributed by atoms with Gasteiger partial charge < -0.3 is 0 Å². The van der Waals surface area contributed by atoms with Gasteiger partial charge in [0.15, 0.2) is 0 Å². The van der Waals surface area contributed by atoms with Gasteiger partial charge in [-0.15, -0.1) is 0 Å². The summed E-state index contributed by atoms with van der Waals surface area (Å²) in [6, 6.07) is 112. The van der Waals surface area contributed by atoms with Crippen molar-refractivity contribution in [1.29, 1.82) is 0 Å². The third-order valence-electron chi connectivity index (χ3n) is 8.81. The van der Waals surface area contributed by atoms with E-state index in [2.05, 4.69) is 154 Å². The Morgan fingerprint density at radius 1 is 0.117 bits per heavy atom. The lowest BCUT2D eigenvalue weighted by molar-refractivity contribution is 1.48. The molecular formula is C77H100. The molecule has 11 aromatic rings. The molecule has 0 heteroatoms. The Hall–Kier alpha value is -8.06. The van der Waals surface area contributed by atoms with E-state index in [1.807, 2.05) is 283 Å². The second-order valence-electron chi connectivity index (χ2n) is 14.3. The van der Waals surface area contributed by atoms with E-state index in [4.69, 9.17) is 0 Å². The predicted octanol–water partition coefficient (Wildman–Crippen LogP) is 24.6. The van der Waals surface area contributed by atoms with Crippen molar-refractivity contribution < 1.29 is 0 Å². The molecule has 0 nitrogen and oxygen atoms in total. The molecule has 408 valence electrons. The number of hydrogen-bond acceptors (Lipinski definition) is 0. The van der Waals surface area contributed by atoms with Crippen LogP contribution in [0.1, 0.15) is 99.8 Å². The zero-order chi connectivity index (χ0) is 57.9. The normalized spacial score (nSPS) is 7.94. The Labute approximate surface area is 473 Å². The highest BCUT2D eigenvalue weighted by Gasteiger charge is 1.86. The molecule has 0 aliphatic rings. The van der Waals surface area contributed by atoms with Crippen molar-refractivity contribution in [3.63, 3.8) is 0 Å². The van der Waals surface area contributed by atoms with Crippen LogP contribution in [0.15, 0.2) is 334 Å². The minimum Gasteiger partial charge on any atom is -0.0683 e. The molecule has 77 heavy (non-hydrogen) atoms. The van der Waals surface area contributed by atoms with Gasteiger partial charge in [-0.3, -0.25) is 0 Å². The lowest BCUT2D eigenvalue weighted by Crippen LogP contribution is -1.67. The zero-order valence-corrected chi connectivity index (χ0v) is 50.3. The molecule has 0 aliphatic heterocycles. The van der Waals surface area contributed by atoms with Gasteiger partial charge in [0.2, 0.25) is 0 Å². The zero-order valence-electron chi connectivity index (χ0n) is 50.3. The van der Waals surface area contributed by atoms with E-state index in [0.717, 1.165) is 0 Å². The summed E-state index contributed by atoms with van der Waals surface area (Å²) in [4.78, 5) is 0. The Balaban J connectivity index is -0.000000382. The molecule has 0 saturated heterocycles. The minimum atomic E-state index is 1.31. The molecule has 0 bridgehead atoms. The first-order valence-electron chi connectivity index (χ1n) is 28.0. The van der Waals surface area contributed by atoms with E-state index < -0.39 is 0 Å². The summed E-state index contributed by atoms with van der Waals surface area (Å²) >= 11 is 0. The first-order valence-corrected chi connectivity index (χ1v) is 28.0. The van der Waals surface area contributed by atoms with Crippen molar-refractivity contribution in [2.24, 2.45) is 0 Å². The first kappa shape index (κ1) is 75.5. The second-order valence-corrected chi connectivity index (χ2v) is 14.3. The number of rotatable bonds is 0. The Morgan fingerprint density at radius 2 is 0.195 bits per heavy atom. The molecule has 0 heterocycles. The summed E-state index contributed by atoms with van der Waals surface area (Å²) in [5, 5.41) is 5.24. The van der Waals surface area contributed by atoms with Crippen LogP contribution in [0.3, 0.4) is 0 Å². The highest BCUT2D eigenvalue weighted by molar-refractivity contribution is 5.82. The van der Waals surface area contributed by atoms with Crippen LogP contribution < -0.4 is 0 Å². The van der Waals surface area contributed by atoms with Crippen LogP contribution in [0.5, 0.6) is 0 Å². The molecule has 0 spiro atoms. The lowest BCUT2D eigenvalue weighted by Gasteiger charge is -1.92. The highest BCUT2D eigenvalue weighted by atomic mass is 13.9. The average Bonchev–Trinajstić information content (AvgIpc) is 3.55. The SMILES string of the molecule is CC.CC.CC.CC.CC.CC.Cc1ccccc1.Cc1ccccc1.Cc1ccccc1.c1ccc2ccccc2c1.c1ccc2ccccc2c1.c1ccccc1.c1ccccc1.c1ccccc1.c1ccccc1. The van der Waals surface area contributed by atoms with Crippen molar-refractivity contribution >= 4 is 21.5 Å². The Morgan fingerprint density at radius 3 is 0.273 bits per heavy atom. The van der Waals surface area contributed by atoms with Gasteiger partial charge in [-0.2, -0.15) is 0 Å². The molecule has 0 aliphatic carbocycles. The molecule has 0 amide bonds. The third kappa shape index (κ3) is 51.2. The second kappa shape index (κ2) is 66.0. The maximum Gasteiger partial charge on any atom is -0.0184 e. The number of benzene rings is 11. The predicted molar refractivity (Wildman–Crippen MR) is 355 cm³/mol. The summed E-state index contributed by atoms with van der Waals surface area (Å²) < 4.78 is 0. The van der Waals surface area contributed by atoms with E-state index in [1.165, 1.54) is 38.2 Å². The molecule has 11 rings (SSSR count). The van der Waals surface area contributed by atoms with Crippen molar-refractivity contribution in [3.05, 3.63) is 350 Å².